The summed E-state index contributed by atoms with van der Waals surface area (Å²) in [6, 6.07) is 63.3. The minimum absolute atomic E-state index is 0.615. The van der Waals surface area contributed by atoms with Gasteiger partial charge in [0, 0.05) is 50.3 Å². The van der Waals surface area contributed by atoms with Gasteiger partial charge in [-0.1, -0.05) is 121 Å². The van der Waals surface area contributed by atoms with Gasteiger partial charge in [0.2, 0.25) is 5.89 Å². The molecule has 0 N–H and O–H groups in total. The van der Waals surface area contributed by atoms with Gasteiger partial charge in [0.1, 0.15) is 16.7 Å². The van der Waals surface area contributed by atoms with Crippen molar-refractivity contribution in [2.45, 2.75) is 0 Å². The molecule has 0 radical (unpaired) electrons. The molecule has 0 atom stereocenters. The van der Waals surface area contributed by atoms with Crippen molar-refractivity contribution < 1.29 is 8.83 Å². The second-order valence-corrected chi connectivity index (χ2v) is 12.8. The van der Waals surface area contributed by atoms with Crippen LogP contribution in [0.25, 0.3) is 77.5 Å². The van der Waals surface area contributed by atoms with Gasteiger partial charge in [0.25, 0.3) is 0 Å². The van der Waals surface area contributed by atoms with Crippen LogP contribution in [0.1, 0.15) is 0 Å². The number of hydrogen-bond acceptors (Lipinski definition) is 4. The van der Waals surface area contributed by atoms with Crippen molar-refractivity contribution >= 4 is 60.9 Å². The highest BCUT2D eigenvalue weighted by atomic mass is 16.3. The quantitative estimate of drug-likeness (QED) is 0.179. The fourth-order valence-corrected chi connectivity index (χ4v) is 7.26. The SMILES string of the molecule is c1ccc(-c2nc3c(-c4ccc(N(c5ccc6c(c5)oc5ccccc56)c5ccccc5-c5ccccc5)cc4)cc4ccccc4c3o2)cc1. The topological polar surface area (TPSA) is 42.4 Å². The first-order valence-corrected chi connectivity index (χ1v) is 17.1. The number of anilines is 3. The van der Waals surface area contributed by atoms with Crippen molar-refractivity contribution in [2.75, 3.05) is 4.90 Å². The molecule has 10 aromatic rings. The molecule has 0 aliphatic heterocycles. The van der Waals surface area contributed by atoms with Crippen LogP contribution in [0.15, 0.2) is 191 Å². The number of nitrogens with zero attached hydrogens (tertiary/aromatic N) is 2. The Labute approximate surface area is 294 Å². The summed E-state index contributed by atoms with van der Waals surface area (Å²) < 4.78 is 12.9. The van der Waals surface area contributed by atoms with E-state index < -0.39 is 0 Å². The van der Waals surface area contributed by atoms with Crippen molar-refractivity contribution in [3.05, 3.63) is 182 Å². The Bertz CT molecular complexity index is 2850. The monoisotopic (exact) mass is 654 g/mol. The summed E-state index contributed by atoms with van der Waals surface area (Å²) in [5, 5.41) is 4.37. The molecule has 4 nitrogen and oxygen atoms in total. The van der Waals surface area contributed by atoms with Gasteiger partial charge in [0.15, 0.2) is 5.58 Å². The number of oxazole rings is 1. The first-order chi connectivity index (χ1) is 25.3. The fraction of sp³-hybridized carbons (Fsp3) is 0. The third-order valence-electron chi connectivity index (χ3n) is 9.70. The number of furan rings is 1. The van der Waals surface area contributed by atoms with Crippen LogP contribution >= 0.6 is 0 Å². The Balaban J connectivity index is 1.14. The lowest BCUT2D eigenvalue weighted by molar-refractivity contribution is 0.623. The standard InChI is InChI=1S/C47H30N2O2/c1-3-13-31(14-4-1)37-18-9-11-21-42(37)49(36-27-28-40-39-20-10-12-22-43(39)50-44(40)30-36)35-25-23-32(24-26-35)41-29-34-17-7-8-19-38(34)46-45(41)48-47(51-46)33-15-5-2-6-16-33/h1-30H. The molecule has 0 aliphatic rings. The number of hydrogen-bond donors (Lipinski definition) is 0. The Morgan fingerprint density at radius 3 is 1.86 bits per heavy atom. The molecule has 8 aromatic carbocycles. The zero-order valence-electron chi connectivity index (χ0n) is 27.5. The molecular formula is C47H30N2O2. The predicted octanol–water partition coefficient (Wildman–Crippen LogP) is 13.4. The van der Waals surface area contributed by atoms with Crippen LogP contribution in [0.2, 0.25) is 0 Å². The molecule has 2 aromatic heterocycles. The van der Waals surface area contributed by atoms with E-state index in [2.05, 4.69) is 138 Å². The Morgan fingerprint density at radius 2 is 1.04 bits per heavy atom. The molecule has 0 amide bonds. The molecule has 4 heteroatoms. The highest BCUT2D eigenvalue weighted by molar-refractivity contribution is 6.10. The van der Waals surface area contributed by atoms with Crippen molar-refractivity contribution in [3.8, 4) is 33.7 Å². The van der Waals surface area contributed by atoms with Gasteiger partial charge in [-0.3, -0.25) is 0 Å². The van der Waals surface area contributed by atoms with Crippen LogP contribution < -0.4 is 4.90 Å². The lowest BCUT2D eigenvalue weighted by Gasteiger charge is -2.28. The third-order valence-corrected chi connectivity index (χ3v) is 9.70. The largest absolute Gasteiger partial charge is 0.456 e. The molecule has 51 heavy (non-hydrogen) atoms. The van der Waals surface area contributed by atoms with Gasteiger partial charge in [-0.15, -0.1) is 0 Å². The molecule has 0 bridgehead atoms. The van der Waals surface area contributed by atoms with Gasteiger partial charge in [-0.25, -0.2) is 4.98 Å². The van der Waals surface area contributed by atoms with Gasteiger partial charge >= 0.3 is 0 Å². The summed E-state index contributed by atoms with van der Waals surface area (Å²) >= 11 is 0. The van der Waals surface area contributed by atoms with Crippen LogP contribution in [0.5, 0.6) is 0 Å². The van der Waals surface area contributed by atoms with Crippen molar-refractivity contribution in [1.82, 2.24) is 4.98 Å². The average Bonchev–Trinajstić information content (AvgIpc) is 3.82. The van der Waals surface area contributed by atoms with E-state index in [-0.39, 0.29) is 0 Å². The molecule has 0 spiro atoms. The van der Waals surface area contributed by atoms with Crippen molar-refractivity contribution in [2.24, 2.45) is 0 Å². The second kappa shape index (κ2) is 11.9. The molecule has 10 rings (SSSR count). The normalized spacial score (nSPS) is 11.5. The molecular weight excluding hydrogens is 625 g/mol. The third kappa shape index (κ3) is 4.96. The van der Waals surface area contributed by atoms with Gasteiger partial charge in [-0.05, 0) is 71.1 Å². The van der Waals surface area contributed by atoms with E-state index in [0.29, 0.717) is 5.89 Å². The molecule has 240 valence electrons. The summed E-state index contributed by atoms with van der Waals surface area (Å²) in [6.45, 7) is 0. The molecule has 0 fully saturated rings. The fourth-order valence-electron chi connectivity index (χ4n) is 7.26. The first kappa shape index (κ1) is 29.0. The lowest BCUT2D eigenvalue weighted by atomic mass is 9.98. The smallest absolute Gasteiger partial charge is 0.227 e. The molecule has 2 heterocycles. The molecule has 0 aliphatic carbocycles. The maximum atomic E-state index is 6.49. The molecule has 0 saturated heterocycles. The zero-order valence-corrected chi connectivity index (χ0v) is 27.5. The second-order valence-electron chi connectivity index (χ2n) is 12.8. The number of para-hydroxylation sites is 2. The number of aromatic nitrogens is 1. The van der Waals surface area contributed by atoms with Gasteiger partial charge in [0.05, 0.1) is 5.69 Å². The minimum Gasteiger partial charge on any atom is -0.456 e. The van der Waals surface area contributed by atoms with E-state index in [1.54, 1.807) is 0 Å². The van der Waals surface area contributed by atoms with E-state index in [1.807, 2.05) is 48.5 Å². The van der Waals surface area contributed by atoms with E-state index in [9.17, 15) is 0 Å². The van der Waals surface area contributed by atoms with Crippen LogP contribution in [0, 0.1) is 0 Å². The zero-order chi connectivity index (χ0) is 33.7. The van der Waals surface area contributed by atoms with Crippen LogP contribution in [-0.4, -0.2) is 4.98 Å². The predicted molar refractivity (Wildman–Crippen MR) is 210 cm³/mol. The number of rotatable bonds is 6. The van der Waals surface area contributed by atoms with Crippen LogP contribution in [0.3, 0.4) is 0 Å². The van der Waals surface area contributed by atoms with E-state index in [0.717, 1.165) is 88.7 Å². The minimum atomic E-state index is 0.615. The van der Waals surface area contributed by atoms with Gasteiger partial charge in [-0.2, -0.15) is 0 Å². The van der Waals surface area contributed by atoms with E-state index >= 15 is 0 Å². The highest BCUT2D eigenvalue weighted by Gasteiger charge is 2.20. The number of fused-ring (bicyclic) bond motifs is 6. The van der Waals surface area contributed by atoms with Crippen molar-refractivity contribution in [3.63, 3.8) is 0 Å². The molecule has 0 unspecified atom stereocenters. The van der Waals surface area contributed by atoms with E-state index in [1.165, 1.54) is 0 Å². The lowest BCUT2D eigenvalue weighted by Crippen LogP contribution is -2.11. The van der Waals surface area contributed by atoms with Gasteiger partial charge < -0.3 is 13.7 Å². The maximum Gasteiger partial charge on any atom is 0.227 e. The highest BCUT2D eigenvalue weighted by Crippen LogP contribution is 2.44. The first-order valence-electron chi connectivity index (χ1n) is 17.1. The Morgan fingerprint density at radius 1 is 0.412 bits per heavy atom. The summed E-state index contributed by atoms with van der Waals surface area (Å²) in [5.41, 5.74) is 11.8. The summed E-state index contributed by atoms with van der Waals surface area (Å²) in [7, 11) is 0. The summed E-state index contributed by atoms with van der Waals surface area (Å²) in [4.78, 5) is 7.38. The Kier molecular flexibility index (Phi) is 6.78. The average molecular weight is 655 g/mol. The number of benzene rings is 8. The van der Waals surface area contributed by atoms with E-state index in [4.69, 9.17) is 13.8 Å². The van der Waals surface area contributed by atoms with Crippen LogP contribution in [0.4, 0.5) is 17.1 Å². The van der Waals surface area contributed by atoms with Crippen LogP contribution in [-0.2, 0) is 0 Å². The van der Waals surface area contributed by atoms with Crippen molar-refractivity contribution in [1.29, 1.82) is 0 Å². The summed E-state index contributed by atoms with van der Waals surface area (Å²) in [5.74, 6) is 0.615. The molecule has 0 saturated carbocycles. The summed E-state index contributed by atoms with van der Waals surface area (Å²) in [6.07, 6.45) is 0. The Hall–Kier alpha value is -6.91. The maximum absolute atomic E-state index is 6.49.